The lowest BCUT2D eigenvalue weighted by atomic mass is 9.93. The van der Waals surface area contributed by atoms with Crippen molar-refractivity contribution in [1.29, 1.82) is 0 Å². The zero-order chi connectivity index (χ0) is 22.0. The Balaban J connectivity index is 5.34. The molecule has 0 aromatic carbocycles. The molecule has 28 heavy (non-hydrogen) atoms. The Hall–Kier alpha value is -0.630. The Morgan fingerprint density at radius 2 is 1.57 bits per heavy atom. The fraction of sp³-hybridized carbons (Fsp3) is 0.950. The predicted molar refractivity (Wildman–Crippen MR) is 108 cm³/mol. The van der Waals surface area contributed by atoms with E-state index in [1.165, 1.54) is 0 Å². The third kappa shape index (κ3) is 10.8. The Morgan fingerprint density at radius 1 is 1.04 bits per heavy atom. The fourth-order valence-electron chi connectivity index (χ4n) is 2.60. The SMILES string of the molecule is CCCCCCCC[C@H](C(=O)OC(C)CC)[C@H](N[S@@](=O)C(C)(C)C)C(F)(F)F. The Bertz CT molecular complexity index is 478. The molecule has 168 valence electrons. The number of hydrogen-bond donors (Lipinski definition) is 1. The number of carbonyl (C=O) groups is 1. The van der Waals surface area contributed by atoms with Crippen LogP contribution in [0.4, 0.5) is 13.2 Å². The van der Waals surface area contributed by atoms with Gasteiger partial charge in [-0.25, -0.2) is 8.93 Å². The average molecular weight is 430 g/mol. The summed E-state index contributed by atoms with van der Waals surface area (Å²) in [6.07, 6.45) is 0.823. The molecule has 0 rings (SSSR count). The van der Waals surface area contributed by atoms with E-state index in [2.05, 4.69) is 11.6 Å². The van der Waals surface area contributed by atoms with E-state index in [1.54, 1.807) is 34.6 Å². The Kier molecular flexibility index (Phi) is 12.5. The van der Waals surface area contributed by atoms with Crippen LogP contribution in [-0.4, -0.2) is 33.2 Å². The summed E-state index contributed by atoms with van der Waals surface area (Å²) >= 11 is 0. The van der Waals surface area contributed by atoms with Crippen LogP contribution in [0.3, 0.4) is 0 Å². The molecule has 4 atom stereocenters. The molecule has 0 spiro atoms. The molecule has 0 fully saturated rings. The third-order valence-electron chi connectivity index (χ3n) is 4.61. The van der Waals surface area contributed by atoms with Crippen LogP contribution in [0.1, 0.15) is 92.9 Å². The van der Waals surface area contributed by atoms with Gasteiger partial charge >= 0.3 is 12.1 Å². The van der Waals surface area contributed by atoms with Crippen molar-refractivity contribution in [1.82, 2.24) is 4.72 Å². The number of ether oxygens (including phenoxy) is 1. The van der Waals surface area contributed by atoms with E-state index in [-0.39, 0.29) is 6.42 Å². The summed E-state index contributed by atoms with van der Waals surface area (Å²) in [4.78, 5) is 12.5. The normalized spacial score (nSPS) is 17.0. The smallest absolute Gasteiger partial charge is 0.405 e. The van der Waals surface area contributed by atoms with Crippen molar-refractivity contribution in [2.75, 3.05) is 0 Å². The molecule has 0 saturated carbocycles. The molecule has 0 radical (unpaired) electrons. The minimum Gasteiger partial charge on any atom is -0.462 e. The van der Waals surface area contributed by atoms with E-state index in [0.29, 0.717) is 12.8 Å². The number of hydrogen-bond acceptors (Lipinski definition) is 3. The molecule has 0 amide bonds. The van der Waals surface area contributed by atoms with Gasteiger partial charge in [-0.1, -0.05) is 52.4 Å². The monoisotopic (exact) mass is 429 g/mol. The summed E-state index contributed by atoms with van der Waals surface area (Å²) in [5.41, 5.74) is 0. The largest absolute Gasteiger partial charge is 0.462 e. The molecule has 1 unspecified atom stereocenters. The molecule has 0 aromatic heterocycles. The first kappa shape index (κ1) is 27.4. The van der Waals surface area contributed by atoms with E-state index in [4.69, 9.17) is 4.74 Å². The van der Waals surface area contributed by atoms with Gasteiger partial charge in [-0.3, -0.25) is 4.79 Å². The highest BCUT2D eigenvalue weighted by Gasteiger charge is 2.49. The number of unbranched alkanes of at least 4 members (excludes halogenated alkanes) is 5. The summed E-state index contributed by atoms with van der Waals surface area (Å²) in [6, 6.07) is -2.19. The lowest BCUT2D eigenvalue weighted by Crippen LogP contribution is -2.54. The van der Waals surface area contributed by atoms with Crippen LogP contribution < -0.4 is 4.72 Å². The second-order valence-electron chi connectivity index (χ2n) is 8.34. The van der Waals surface area contributed by atoms with Crippen molar-refractivity contribution in [2.45, 2.75) is 116 Å². The number of esters is 1. The van der Waals surface area contributed by atoms with E-state index >= 15 is 0 Å². The van der Waals surface area contributed by atoms with Crippen LogP contribution in [0.25, 0.3) is 0 Å². The molecular formula is C20H38F3NO3S. The third-order valence-corrected chi connectivity index (χ3v) is 6.19. The number of carbonyl (C=O) groups excluding carboxylic acids is 1. The van der Waals surface area contributed by atoms with E-state index in [9.17, 15) is 22.2 Å². The van der Waals surface area contributed by atoms with Gasteiger partial charge in [-0.05, 0) is 40.5 Å². The van der Waals surface area contributed by atoms with Crippen LogP contribution in [0.15, 0.2) is 0 Å². The number of alkyl halides is 3. The van der Waals surface area contributed by atoms with Crippen LogP contribution in [0, 0.1) is 5.92 Å². The quantitative estimate of drug-likeness (QED) is 0.303. The zero-order valence-corrected chi connectivity index (χ0v) is 19.0. The van der Waals surface area contributed by atoms with Gasteiger partial charge in [0, 0.05) is 0 Å². The van der Waals surface area contributed by atoms with Crippen molar-refractivity contribution in [3.8, 4) is 0 Å². The topological polar surface area (TPSA) is 55.4 Å². The van der Waals surface area contributed by atoms with Gasteiger partial charge in [0.25, 0.3) is 0 Å². The highest BCUT2D eigenvalue weighted by atomic mass is 32.2. The first-order valence-corrected chi connectivity index (χ1v) is 11.4. The summed E-state index contributed by atoms with van der Waals surface area (Å²) < 4.78 is 60.2. The van der Waals surface area contributed by atoms with Gasteiger partial charge in [0.05, 0.1) is 27.8 Å². The van der Waals surface area contributed by atoms with Gasteiger partial charge in [0.15, 0.2) is 0 Å². The molecule has 0 aliphatic heterocycles. The predicted octanol–water partition coefficient (Wildman–Crippen LogP) is 5.68. The lowest BCUT2D eigenvalue weighted by molar-refractivity contribution is -0.182. The molecule has 4 nitrogen and oxygen atoms in total. The molecule has 0 saturated heterocycles. The minimum absolute atomic E-state index is 0.0555. The molecule has 0 aliphatic rings. The fourth-order valence-corrected chi connectivity index (χ4v) is 3.49. The molecule has 0 aliphatic carbocycles. The second kappa shape index (κ2) is 12.8. The maximum absolute atomic E-state index is 13.8. The number of rotatable bonds is 13. The first-order chi connectivity index (χ1) is 12.8. The highest BCUT2D eigenvalue weighted by molar-refractivity contribution is 7.84. The maximum Gasteiger partial charge on any atom is 0.405 e. The lowest BCUT2D eigenvalue weighted by Gasteiger charge is -2.31. The molecular weight excluding hydrogens is 391 g/mol. The van der Waals surface area contributed by atoms with Crippen molar-refractivity contribution >= 4 is 17.0 Å². The van der Waals surface area contributed by atoms with E-state index < -0.39 is 45.9 Å². The van der Waals surface area contributed by atoms with Crippen LogP contribution in [-0.2, 0) is 20.5 Å². The van der Waals surface area contributed by atoms with Crippen molar-refractivity contribution in [3.05, 3.63) is 0 Å². The van der Waals surface area contributed by atoms with Gasteiger partial charge in [-0.15, -0.1) is 0 Å². The van der Waals surface area contributed by atoms with E-state index in [1.807, 2.05) is 0 Å². The number of halogens is 3. The molecule has 0 aromatic rings. The van der Waals surface area contributed by atoms with Gasteiger partial charge in [0.2, 0.25) is 0 Å². The van der Waals surface area contributed by atoms with Gasteiger partial charge in [-0.2, -0.15) is 13.2 Å². The summed E-state index contributed by atoms with van der Waals surface area (Å²) in [7, 11) is -1.95. The standard InChI is InChI=1S/C20H38F3NO3S/c1-7-9-10-11-12-13-14-16(18(25)27-15(3)8-2)17(20(21,22)23)24-28(26)19(4,5)6/h15-17,24H,7-14H2,1-6H3/t15?,16-,17-,28-/m0/s1. The first-order valence-electron chi connectivity index (χ1n) is 10.3. The Labute approximate surface area is 171 Å². The Morgan fingerprint density at radius 3 is 2.04 bits per heavy atom. The van der Waals surface area contributed by atoms with Gasteiger partial charge < -0.3 is 4.74 Å². The van der Waals surface area contributed by atoms with E-state index in [0.717, 1.165) is 32.1 Å². The summed E-state index contributed by atoms with van der Waals surface area (Å²) in [5, 5.41) is 0. The zero-order valence-electron chi connectivity index (χ0n) is 18.2. The maximum atomic E-state index is 13.8. The average Bonchev–Trinajstić information content (AvgIpc) is 2.57. The van der Waals surface area contributed by atoms with Crippen LogP contribution in [0.5, 0.6) is 0 Å². The highest BCUT2D eigenvalue weighted by Crippen LogP contribution is 2.31. The summed E-state index contributed by atoms with van der Waals surface area (Å²) in [5.74, 6) is -2.28. The van der Waals surface area contributed by atoms with Crippen LogP contribution in [0.2, 0.25) is 0 Å². The molecule has 0 heterocycles. The van der Waals surface area contributed by atoms with Gasteiger partial charge in [0.1, 0.15) is 6.04 Å². The van der Waals surface area contributed by atoms with Crippen molar-refractivity contribution < 1.29 is 26.9 Å². The molecule has 8 heteroatoms. The van der Waals surface area contributed by atoms with Crippen molar-refractivity contribution in [3.63, 3.8) is 0 Å². The minimum atomic E-state index is -4.71. The van der Waals surface area contributed by atoms with Crippen LogP contribution >= 0.6 is 0 Å². The number of nitrogens with one attached hydrogen (secondary N) is 1. The second-order valence-corrected chi connectivity index (χ2v) is 10.3. The molecule has 0 bridgehead atoms. The summed E-state index contributed by atoms with van der Waals surface area (Å²) in [6.45, 7) is 10.3. The molecule has 1 N–H and O–H groups in total. The van der Waals surface area contributed by atoms with Crippen molar-refractivity contribution in [2.24, 2.45) is 5.92 Å².